The molecule has 0 aromatic heterocycles. The van der Waals surface area contributed by atoms with E-state index >= 15 is 0 Å². The number of nitrogens with one attached hydrogen (secondary N) is 2. The van der Waals surface area contributed by atoms with E-state index in [4.69, 9.17) is 5.11 Å². The minimum absolute atomic E-state index is 0.170. The number of carboxylic acid groups (broad SMARTS) is 1. The second-order valence-electron chi connectivity index (χ2n) is 4.43. The van der Waals surface area contributed by atoms with Crippen LogP contribution in [0.15, 0.2) is 46.9 Å². The Bertz CT molecular complexity index is 684. The first kappa shape index (κ1) is 15.1. The van der Waals surface area contributed by atoms with Crippen LogP contribution in [0.1, 0.15) is 15.9 Å². The minimum Gasteiger partial charge on any atom is -0.478 e. The molecule has 0 bridgehead atoms. The zero-order valence-corrected chi connectivity index (χ0v) is 12.8. The summed E-state index contributed by atoms with van der Waals surface area (Å²) in [5.41, 5.74) is 2.42. The van der Waals surface area contributed by atoms with Crippen LogP contribution in [0.3, 0.4) is 0 Å². The predicted molar refractivity (Wildman–Crippen MR) is 84.9 cm³/mol. The molecule has 0 saturated carbocycles. The molecule has 2 aromatic carbocycles. The molecule has 2 aromatic rings. The molecular formula is C15H13BrN2O3. The average molecular weight is 349 g/mol. The SMILES string of the molecule is Cc1ccc(NC(=O)Nc2ccc(C(=O)O)cc2)cc1Br. The normalized spacial score (nSPS) is 10.0. The first-order chi connectivity index (χ1) is 9.95. The van der Waals surface area contributed by atoms with Crippen LogP contribution in [0.5, 0.6) is 0 Å². The number of aryl methyl sites for hydroxylation is 1. The Kier molecular flexibility index (Phi) is 4.59. The van der Waals surface area contributed by atoms with Gasteiger partial charge in [0.2, 0.25) is 0 Å². The number of carbonyl (C=O) groups is 2. The summed E-state index contributed by atoms with van der Waals surface area (Å²) in [4.78, 5) is 22.6. The third-order valence-electron chi connectivity index (χ3n) is 2.82. The number of urea groups is 1. The molecule has 2 rings (SSSR count). The monoisotopic (exact) mass is 348 g/mol. The molecule has 21 heavy (non-hydrogen) atoms. The highest BCUT2D eigenvalue weighted by molar-refractivity contribution is 9.10. The van der Waals surface area contributed by atoms with Crippen LogP contribution in [0.25, 0.3) is 0 Å². The lowest BCUT2D eigenvalue weighted by molar-refractivity contribution is 0.0697. The fourth-order valence-corrected chi connectivity index (χ4v) is 2.04. The van der Waals surface area contributed by atoms with E-state index in [1.165, 1.54) is 24.3 Å². The van der Waals surface area contributed by atoms with Gasteiger partial charge in [0.1, 0.15) is 0 Å². The van der Waals surface area contributed by atoms with Crippen LogP contribution >= 0.6 is 15.9 Å². The van der Waals surface area contributed by atoms with E-state index < -0.39 is 12.0 Å². The number of rotatable bonds is 3. The molecule has 0 aliphatic carbocycles. The van der Waals surface area contributed by atoms with E-state index in [0.717, 1.165) is 10.0 Å². The molecule has 5 nitrogen and oxygen atoms in total. The van der Waals surface area contributed by atoms with Crippen molar-refractivity contribution in [2.45, 2.75) is 6.92 Å². The van der Waals surface area contributed by atoms with Gasteiger partial charge >= 0.3 is 12.0 Å². The molecular weight excluding hydrogens is 336 g/mol. The van der Waals surface area contributed by atoms with E-state index in [0.29, 0.717) is 11.4 Å². The highest BCUT2D eigenvalue weighted by Gasteiger charge is 2.06. The highest BCUT2D eigenvalue weighted by atomic mass is 79.9. The lowest BCUT2D eigenvalue weighted by Crippen LogP contribution is -2.19. The van der Waals surface area contributed by atoms with E-state index in [2.05, 4.69) is 26.6 Å². The van der Waals surface area contributed by atoms with E-state index in [1.807, 2.05) is 19.1 Å². The molecule has 108 valence electrons. The first-order valence-electron chi connectivity index (χ1n) is 6.13. The van der Waals surface area contributed by atoms with Crippen molar-refractivity contribution in [3.8, 4) is 0 Å². The molecule has 0 spiro atoms. The van der Waals surface area contributed by atoms with Crippen LogP contribution in [0.4, 0.5) is 16.2 Å². The fourth-order valence-electron chi connectivity index (χ4n) is 1.66. The number of aromatic carboxylic acids is 1. The summed E-state index contributed by atoms with van der Waals surface area (Å²) in [5, 5.41) is 14.1. The van der Waals surface area contributed by atoms with Gasteiger partial charge in [-0.15, -0.1) is 0 Å². The maximum Gasteiger partial charge on any atom is 0.335 e. The van der Waals surface area contributed by atoms with Crippen molar-refractivity contribution >= 4 is 39.3 Å². The van der Waals surface area contributed by atoms with E-state index in [-0.39, 0.29) is 5.56 Å². The van der Waals surface area contributed by atoms with Crippen molar-refractivity contribution in [3.63, 3.8) is 0 Å². The molecule has 3 N–H and O–H groups in total. The largest absolute Gasteiger partial charge is 0.478 e. The highest BCUT2D eigenvalue weighted by Crippen LogP contribution is 2.20. The van der Waals surface area contributed by atoms with Gasteiger partial charge in [0.25, 0.3) is 0 Å². The Balaban J connectivity index is 2.01. The predicted octanol–water partition coefficient (Wildman–Crippen LogP) is 4.10. The number of benzene rings is 2. The van der Waals surface area contributed by atoms with E-state index in [9.17, 15) is 9.59 Å². The summed E-state index contributed by atoms with van der Waals surface area (Å²) in [7, 11) is 0. The number of carbonyl (C=O) groups excluding carboxylic acids is 1. The number of hydrogen-bond acceptors (Lipinski definition) is 2. The number of anilines is 2. The van der Waals surface area contributed by atoms with Crippen molar-refractivity contribution in [2.24, 2.45) is 0 Å². The molecule has 0 radical (unpaired) electrons. The molecule has 6 heteroatoms. The molecule has 2 amide bonds. The zero-order chi connectivity index (χ0) is 15.4. The smallest absolute Gasteiger partial charge is 0.335 e. The Hall–Kier alpha value is -2.34. The Labute approximate surface area is 130 Å². The van der Waals surface area contributed by atoms with Gasteiger partial charge in [0.05, 0.1) is 5.56 Å². The molecule has 0 heterocycles. The lowest BCUT2D eigenvalue weighted by atomic mass is 10.2. The van der Waals surface area contributed by atoms with Crippen LogP contribution in [0, 0.1) is 6.92 Å². The molecule has 0 aliphatic heterocycles. The number of carboxylic acids is 1. The quantitative estimate of drug-likeness (QED) is 0.781. The Morgan fingerprint density at radius 2 is 1.57 bits per heavy atom. The van der Waals surface area contributed by atoms with Gasteiger partial charge in [-0.05, 0) is 48.9 Å². The van der Waals surface area contributed by atoms with Gasteiger partial charge in [-0.1, -0.05) is 22.0 Å². The number of hydrogen-bond donors (Lipinski definition) is 3. The molecule has 0 unspecified atom stereocenters. The maximum absolute atomic E-state index is 11.8. The lowest BCUT2D eigenvalue weighted by Gasteiger charge is -2.09. The second-order valence-corrected chi connectivity index (χ2v) is 5.28. The third kappa shape index (κ3) is 4.06. The van der Waals surface area contributed by atoms with Gasteiger partial charge in [0, 0.05) is 15.8 Å². The summed E-state index contributed by atoms with van der Waals surface area (Å²) < 4.78 is 0.908. The fraction of sp³-hybridized carbons (Fsp3) is 0.0667. The summed E-state index contributed by atoms with van der Waals surface area (Å²) >= 11 is 3.40. The van der Waals surface area contributed by atoms with Gasteiger partial charge in [-0.25, -0.2) is 9.59 Å². The van der Waals surface area contributed by atoms with Crippen LogP contribution in [0.2, 0.25) is 0 Å². The molecule has 0 saturated heterocycles. The summed E-state index contributed by atoms with van der Waals surface area (Å²) in [5.74, 6) is -1.00. The van der Waals surface area contributed by atoms with Crippen LogP contribution < -0.4 is 10.6 Å². The van der Waals surface area contributed by atoms with Crippen LogP contribution in [-0.2, 0) is 0 Å². The van der Waals surface area contributed by atoms with Crippen molar-refractivity contribution in [1.82, 2.24) is 0 Å². The number of amides is 2. The van der Waals surface area contributed by atoms with Gasteiger partial charge < -0.3 is 15.7 Å². The number of halogens is 1. The van der Waals surface area contributed by atoms with Crippen molar-refractivity contribution in [1.29, 1.82) is 0 Å². The van der Waals surface area contributed by atoms with Crippen molar-refractivity contribution in [2.75, 3.05) is 10.6 Å². The Morgan fingerprint density at radius 1 is 1.00 bits per heavy atom. The van der Waals surface area contributed by atoms with Gasteiger partial charge in [0.15, 0.2) is 0 Å². The average Bonchev–Trinajstić information content (AvgIpc) is 2.43. The second kappa shape index (κ2) is 6.41. The Morgan fingerprint density at radius 3 is 2.14 bits per heavy atom. The standard InChI is InChI=1S/C15H13BrN2O3/c1-9-2-5-12(8-13(9)16)18-15(21)17-11-6-3-10(4-7-11)14(19)20/h2-8H,1H3,(H,19,20)(H2,17,18,21). The summed E-state index contributed by atoms with van der Waals surface area (Å²) in [6.45, 7) is 1.96. The third-order valence-corrected chi connectivity index (χ3v) is 3.67. The summed E-state index contributed by atoms with van der Waals surface area (Å²) in [6, 6.07) is 11.0. The van der Waals surface area contributed by atoms with Crippen LogP contribution in [-0.4, -0.2) is 17.1 Å². The van der Waals surface area contributed by atoms with Gasteiger partial charge in [-0.3, -0.25) is 0 Å². The van der Waals surface area contributed by atoms with E-state index in [1.54, 1.807) is 6.07 Å². The topological polar surface area (TPSA) is 78.4 Å². The molecule has 0 aliphatic rings. The van der Waals surface area contributed by atoms with Crippen molar-refractivity contribution in [3.05, 3.63) is 58.1 Å². The summed E-state index contributed by atoms with van der Waals surface area (Å²) in [6.07, 6.45) is 0. The van der Waals surface area contributed by atoms with Crippen molar-refractivity contribution < 1.29 is 14.7 Å². The van der Waals surface area contributed by atoms with Gasteiger partial charge in [-0.2, -0.15) is 0 Å². The zero-order valence-electron chi connectivity index (χ0n) is 11.2. The molecule has 0 atom stereocenters. The minimum atomic E-state index is -1.00. The maximum atomic E-state index is 11.8. The first-order valence-corrected chi connectivity index (χ1v) is 6.92. The molecule has 0 fully saturated rings.